The van der Waals surface area contributed by atoms with Crippen molar-refractivity contribution in [1.82, 2.24) is 25.3 Å². The van der Waals surface area contributed by atoms with Crippen molar-refractivity contribution in [2.75, 3.05) is 13.1 Å². The summed E-state index contributed by atoms with van der Waals surface area (Å²) in [5.74, 6) is 4.99. The lowest BCUT2D eigenvalue weighted by Gasteiger charge is -2.23. The van der Waals surface area contributed by atoms with Crippen LogP contribution in [0.2, 0.25) is 0 Å². The number of nitrogens with one attached hydrogen (secondary N) is 2. The molecule has 1 fully saturated rings. The first kappa shape index (κ1) is 18.2. The molecule has 2 aromatic heterocycles. The summed E-state index contributed by atoms with van der Waals surface area (Å²) >= 11 is 0. The molecule has 0 aliphatic carbocycles. The molecule has 0 radical (unpaired) electrons. The monoisotopic (exact) mass is 367 g/mol. The highest BCUT2D eigenvalue weighted by atomic mass is 19.4. The van der Waals surface area contributed by atoms with Gasteiger partial charge in [-0.3, -0.25) is 10.8 Å². The topological polar surface area (TPSA) is 107 Å². The van der Waals surface area contributed by atoms with Crippen molar-refractivity contribution in [3.8, 4) is 11.4 Å². The molecule has 1 aliphatic heterocycles. The number of nitrogens with two attached hydrogens (primary N) is 2. The third-order valence-corrected chi connectivity index (χ3v) is 4.32. The fourth-order valence-corrected chi connectivity index (χ4v) is 2.95. The van der Waals surface area contributed by atoms with E-state index in [1.807, 2.05) is 10.8 Å². The van der Waals surface area contributed by atoms with Crippen molar-refractivity contribution < 1.29 is 13.2 Å². The van der Waals surface area contributed by atoms with Crippen LogP contribution in [0.15, 0.2) is 36.6 Å². The highest BCUT2D eigenvalue weighted by Gasteiger charge is 2.36. The Hall–Kier alpha value is -2.59. The van der Waals surface area contributed by atoms with Crippen LogP contribution in [0.3, 0.4) is 0 Å². The Morgan fingerprint density at radius 3 is 2.77 bits per heavy atom. The fourth-order valence-electron chi connectivity index (χ4n) is 2.95. The zero-order chi connectivity index (χ0) is 18.7. The predicted octanol–water partition coefficient (Wildman–Crippen LogP) is 1.52. The number of allylic oxidation sites excluding steroid dienone is 1. The van der Waals surface area contributed by atoms with Crippen LogP contribution in [0.1, 0.15) is 24.4 Å². The van der Waals surface area contributed by atoms with Crippen molar-refractivity contribution in [2.45, 2.75) is 25.1 Å². The standard InChI is InChI=1S/C16H20F3N7/c17-16(18,19)15(25-21)14(20)10-3-5-23-12(6-10)13-8-26(9-24-13)11-2-1-4-22-7-11/h3,5-6,8-9,11,22,25H,1-2,4,7,20-21H2/b15-14-. The minimum Gasteiger partial charge on any atom is -0.397 e. The van der Waals surface area contributed by atoms with Gasteiger partial charge in [-0.25, -0.2) is 4.98 Å². The van der Waals surface area contributed by atoms with Gasteiger partial charge in [0, 0.05) is 30.5 Å². The van der Waals surface area contributed by atoms with E-state index < -0.39 is 17.6 Å². The number of hydrazine groups is 1. The number of hydrogen-bond donors (Lipinski definition) is 4. The minimum atomic E-state index is -4.68. The van der Waals surface area contributed by atoms with E-state index in [0.717, 1.165) is 25.9 Å². The molecule has 6 N–H and O–H groups in total. The van der Waals surface area contributed by atoms with Gasteiger partial charge >= 0.3 is 6.18 Å². The normalized spacial score (nSPS) is 19.2. The van der Waals surface area contributed by atoms with Crippen molar-refractivity contribution in [1.29, 1.82) is 0 Å². The van der Waals surface area contributed by atoms with E-state index in [9.17, 15) is 13.2 Å². The zero-order valence-corrected chi connectivity index (χ0v) is 13.9. The lowest BCUT2D eigenvalue weighted by molar-refractivity contribution is -0.0961. The largest absolute Gasteiger partial charge is 0.434 e. The fraction of sp³-hybridized carbons (Fsp3) is 0.375. The number of alkyl halides is 3. The maximum absolute atomic E-state index is 13.0. The molecule has 0 spiro atoms. The number of rotatable bonds is 4. The highest BCUT2D eigenvalue weighted by Crippen LogP contribution is 2.29. The van der Waals surface area contributed by atoms with Crippen LogP contribution in [0.25, 0.3) is 17.1 Å². The van der Waals surface area contributed by atoms with E-state index in [0.29, 0.717) is 17.4 Å². The number of nitrogens with zero attached hydrogens (tertiary/aromatic N) is 3. The van der Waals surface area contributed by atoms with Gasteiger partial charge in [-0.1, -0.05) is 0 Å². The van der Waals surface area contributed by atoms with Crippen LogP contribution in [0, 0.1) is 0 Å². The number of hydrogen-bond acceptors (Lipinski definition) is 6. The highest BCUT2D eigenvalue weighted by molar-refractivity contribution is 5.69. The number of pyridine rings is 1. The first-order valence-electron chi connectivity index (χ1n) is 8.14. The third kappa shape index (κ3) is 3.81. The average molecular weight is 367 g/mol. The Bertz CT molecular complexity index is 791. The van der Waals surface area contributed by atoms with E-state index in [1.54, 1.807) is 11.8 Å². The molecule has 26 heavy (non-hydrogen) atoms. The van der Waals surface area contributed by atoms with Gasteiger partial charge in [-0.15, -0.1) is 0 Å². The molecule has 1 saturated heterocycles. The van der Waals surface area contributed by atoms with Gasteiger partial charge in [-0.05, 0) is 31.5 Å². The molecule has 3 rings (SSSR count). The van der Waals surface area contributed by atoms with Crippen LogP contribution in [-0.2, 0) is 0 Å². The predicted molar refractivity (Wildman–Crippen MR) is 91.1 cm³/mol. The van der Waals surface area contributed by atoms with Gasteiger partial charge in [0.05, 0.1) is 17.7 Å². The molecule has 0 amide bonds. The van der Waals surface area contributed by atoms with E-state index in [2.05, 4.69) is 15.3 Å². The molecule has 0 aromatic carbocycles. The van der Waals surface area contributed by atoms with Gasteiger partial charge in [-0.2, -0.15) is 13.2 Å². The zero-order valence-electron chi connectivity index (χ0n) is 13.9. The Labute approximate surface area is 148 Å². The third-order valence-electron chi connectivity index (χ3n) is 4.32. The smallest absolute Gasteiger partial charge is 0.397 e. The average Bonchev–Trinajstić information content (AvgIpc) is 3.12. The van der Waals surface area contributed by atoms with Crippen molar-refractivity contribution in [3.63, 3.8) is 0 Å². The van der Waals surface area contributed by atoms with Crippen LogP contribution in [0.4, 0.5) is 13.2 Å². The van der Waals surface area contributed by atoms with E-state index in [-0.39, 0.29) is 5.56 Å². The molecule has 1 unspecified atom stereocenters. The second kappa shape index (κ2) is 7.34. The number of piperidine rings is 1. The number of imidazole rings is 1. The summed E-state index contributed by atoms with van der Waals surface area (Å²) in [5.41, 5.74) is 6.76. The second-order valence-corrected chi connectivity index (χ2v) is 6.07. The summed E-state index contributed by atoms with van der Waals surface area (Å²) in [5, 5.41) is 3.33. The van der Waals surface area contributed by atoms with Gasteiger partial charge < -0.3 is 21.0 Å². The minimum absolute atomic E-state index is 0.161. The molecule has 3 heterocycles. The first-order chi connectivity index (χ1) is 12.4. The molecule has 1 atom stereocenters. The van der Waals surface area contributed by atoms with E-state index >= 15 is 0 Å². The SMILES string of the molecule is NN/C(=C(\N)c1ccnc(-c2cn(C3CCCNC3)cn2)c1)C(F)(F)F. The quantitative estimate of drug-likeness (QED) is 0.482. The maximum atomic E-state index is 13.0. The van der Waals surface area contributed by atoms with E-state index in [1.165, 1.54) is 18.3 Å². The lowest BCUT2D eigenvalue weighted by atomic mass is 10.1. The molecular weight excluding hydrogens is 347 g/mol. The molecule has 0 bridgehead atoms. The Kier molecular flexibility index (Phi) is 5.14. The molecule has 2 aromatic rings. The van der Waals surface area contributed by atoms with Crippen LogP contribution in [0.5, 0.6) is 0 Å². The summed E-state index contributed by atoms with van der Waals surface area (Å²) in [6.07, 6.45) is 2.39. The van der Waals surface area contributed by atoms with Gasteiger partial charge in [0.2, 0.25) is 0 Å². The van der Waals surface area contributed by atoms with Crippen molar-refractivity contribution in [3.05, 3.63) is 42.1 Å². The van der Waals surface area contributed by atoms with Crippen LogP contribution >= 0.6 is 0 Å². The molecular formula is C16H20F3N7. The lowest BCUT2D eigenvalue weighted by Crippen LogP contribution is -2.34. The number of halogens is 3. The molecule has 0 saturated carbocycles. The van der Waals surface area contributed by atoms with Gasteiger partial charge in [0.25, 0.3) is 0 Å². The van der Waals surface area contributed by atoms with E-state index in [4.69, 9.17) is 11.6 Å². The van der Waals surface area contributed by atoms with Crippen molar-refractivity contribution in [2.24, 2.45) is 11.6 Å². The molecule has 140 valence electrons. The maximum Gasteiger partial charge on any atom is 0.434 e. The summed E-state index contributed by atoms with van der Waals surface area (Å²) in [7, 11) is 0. The van der Waals surface area contributed by atoms with Crippen LogP contribution in [-0.4, -0.2) is 33.8 Å². The van der Waals surface area contributed by atoms with Gasteiger partial charge in [0.15, 0.2) is 5.70 Å². The number of aromatic nitrogens is 3. The Morgan fingerprint density at radius 1 is 1.31 bits per heavy atom. The molecule has 1 aliphatic rings. The van der Waals surface area contributed by atoms with Crippen molar-refractivity contribution >= 4 is 5.70 Å². The summed E-state index contributed by atoms with van der Waals surface area (Å²) in [6.45, 7) is 1.86. The second-order valence-electron chi connectivity index (χ2n) is 6.07. The summed E-state index contributed by atoms with van der Waals surface area (Å²) in [4.78, 5) is 8.52. The van der Waals surface area contributed by atoms with Crippen LogP contribution < -0.4 is 22.3 Å². The Morgan fingerprint density at radius 2 is 2.12 bits per heavy atom. The Balaban J connectivity index is 1.90. The summed E-state index contributed by atoms with van der Waals surface area (Å²) in [6, 6.07) is 3.16. The molecule has 7 nitrogen and oxygen atoms in total. The van der Waals surface area contributed by atoms with Gasteiger partial charge in [0.1, 0.15) is 5.69 Å². The first-order valence-corrected chi connectivity index (χ1v) is 8.14. The summed E-state index contributed by atoms with van der Waals surface area (Å²) < 4.78 is 40.9. The molecule has 10 heteroatoms.